The Labute approximate surface area is 142 Å². The molecule has 3 aromatic rings. The molecular formula is C16H18N2O3S2. The minimum Gasteiger partial charge on any atom is -0.483 e. The first-order chi connectivity index (χ1) is 11.2. The van der Waals surface area contributed by atoms with Crippen LogP contribution in [0, 0.1) is 6.92 Å². The monoisotopic (exact) mass is 350 g/mol. The second-order valence-corrected chi connectivity index (χ2v) is 7.25. The highest BCUT2D eigenvalue weighted by Gasteiger charge is 2.13. The summed E-state index contributed by atoms with van der Waals surface area (Å²) in [5.74, 6) is 0.620. The molecule has 3 rings (SSSR count). The Morgan fingerprint density at radius 1 is 1.43 bits per heavy atom. The van der Waals surface area contributed by atoms with Crippen molar-refractivity contribution in [3.05, 3.63) is 22.5 Å². The van der Waals surface area contributed by atoms with E-state index in [1.807, 2.05) is 24.4 Å². The van der Waals surface area contributed by atoms with E-state index in [1.54, 1.807) is 29.8 Å². The van der Waals surface area contributed by atoms with Gasteiger partial charge in [-0.3, -0.25) is 4.79 Å². The summed E-state index contributed by atoms with van der Waals surface area (Å²) in [6.45, 7) is 3.24. The van der Waals surface area contributed by atoms with Crippen molar-refractivity contribution in [1.82, 2.24) is 10.3 Å². The zero-order chi connectivity index (χ0) is 16.2. The molecule has 1 N–H and O–H groups in total. The van der Waals surface area contributed by atoms with Crippen LogP contribution in [-0.2, 0) is 9.53 Å². The van der Waals surface area contributed by atoms with Crippen LogP contribution in [0.1, 0.15) is 11.4 Å². The van der Waals surface area contributed by atoms with Crippen LogP contribution in [0.15, 0.2) is 17.5 Å². The van der Waals surface area contributed by atoms with Crippen LogP contribution < -0.4 is 10.1 Å². The number of aryl methyl sites for hydroxylation is 1. The van der Waals surface area contributed by atoms with Gasteiger partial charge in [-0.05, 0) is 24.8 Å². The highest BCUT2D eigenvalue weighted by atomic mass is 32.1. The molecular weight excluding hydrogens is 332 g/mol. The maximum Gasteiger partial charge on any atom is 0.257 e. The van der Waals surface area contributed by atoms with Crippen molar-refractivity contribution in [2.75, 3.05) is 26.9 Å². The van der Waals surface area contributed by atoms with E-state index >= 15 is 0 Å². The number of fused-ring (bicyclic) bond motifs is 3. The Kier molecular flexibility index (Phi) is 5.09. The molecule has 23 heavy (non-hydrogen) atoms. The minimum atomic E-state index is -0.120. The van der Waals surface area contributed by atoms with Crippen molar-refractivity contribution in [1.29, 1.82) is 0 Å². The fourth-order valence-electron chi connectivity index (χ4n) is 2.34. The second-order valence-electron chi connectivity index (χ2n) is 5.10. The SMILES string of the molecule is COCCCNC(=O)COc1cc2sc(C)nc2c2sccc12. The molecule has 0 unspecified atom stereocenters. The molecule has 1 amide bonds. The van der Waals surface area contributed by atoms with Gasteiger partial charge in [-0.2, -0.15) is 0 Å². The van der Waals surface area contributed by atoms with Crippen LogP contribution in [0.25, 0.3) is 20.3 Å². The average molecular weight is 350 g/mol. The molecule has 0 atom stereocenters. The predicted molar refractivity (Wildman–Crippen MR) is 94.7 cm³/mol. The normalized spacial score (nSPS) is 11.2. The van der Waals surface area contributed by atoms with Crippen molar-refractivity contribution in [3.8, 4) is 5.75 Å². The van der Waals surface area contributed by atoms with Gasteiger partial charge in [-0.25, -0.2) is 4.98 Å². The molecule has 2 aromatic heterocycles. The zero-order valence-corrected chi connectivity index (χ0v) is 14.7. The molecule has 122 valence electrons. The number of ether oxygens (including phenoxy) is 2. The molecule has 0 aliphatic carbocycles. The van der Waals surface area contributed by atoms with Crippen LogP contribution >= 0.6 is 22.7 Å². The fraction of sp³-hybridized carbons (Fsp3) is 0.375. The zero-order valence-electron chi connectivity index (χ0n) is 13.0. The smallest absolute Gasteiger partial charge is 0.257 e. The Bertz CT molecular complexity index is 825. The number of thiazole rings is 1. The van der Waals surface area contributed by atoms with E-state index in [9.17, 15) is 4.79 Å². The van der Waals surface area contributed by atoms with Gasteiger partial charge < -0.3 is 14.8 Å². The molecule has 0 aliphatic heterocycles. The highest BCUT2D eigenvalue weighted by molar-refractivity contribution is 7.21. The van der Waals surface area contributed by atoms with E-state index in [1.165, 1.54) is 0 Å². The van der Waals surface area contributed by atoms with Gasteiger partial charge in [0.25, 0.3) is 5.91 Å². The first kappa shape index (κ1) is 16.2. The van der Waals surface area contributed by atoms with Crippen LogP contribution in [0.3, 0.4) is 0 Å². The van der Waals surface area contributed by atoms with Crippen molar-refractivity contribution in [2.24, 2.45) is 0 Å². The maximum atomic E-state index is 11.8. The van der Waals surface area contributed by atoms with E-state index < -0.39 is 0 Å². The number of hydrogen-bond acceptors (Lipinski definition) is 6. The summed E-state index contributed by atoms with van der Waals surface area (Å²) in [7, 11) is 1.65. The molecule has 7 heteroatoms. The van der Waals surface area contributed by atoms with Gasteiger partial charge in [0.05, 0.1) is 19.9 Å². The van der Waals surface area contributed by atoms with Gasteiger partial charge in [-0.15, -0.1) is 22.7 Å². The molecule has 1 aromatic carbocycles. The third-order valence-corrected chi connectivity index (χ3v) is 5.21. The van der Waals surface area contributed by atoms with Crippen molar-refractivity contribution >= 4 is 48.9 Å². The number of rotatable bonds is 7. The summed E-state index contributed by atoms with van der Waals surface area (Å²) in [5.41, 5.74) is 1.02. The quantitative estimate of drug-likeness (QED) is 0.664. The summed E-state index contributed by atoms with van der Waals surface area (Å²) in [6.07, 6.45) is 0.795. The first-order valence-electron chi connectivity index (χ1n) is 7.35. The van der Waals surface area contributed by atoms with E-state index in [0.29, 0.717) is 13.2 Å². The predicted octanol–water partition coefficient (Wildman–Crippen LogP) is 3.35. The number of amides is 1. The van der Waals surface area contributed by atoms with E-state index in [4.69, 9.17) is 9.47 Å². The summed E-state index contributed by atoms with van der Waals surface area (Å²) < 4.78 is 12.9. The number of methoxy groups -OCH3 is 1. The molecule has 0 radical (unpaired) electrons. The molecule has 5 nitrogen and oxygen atoms in total. The third kappa shape index (κ3) is 3.63. The van der Waals surface area contributed by atoms with Crippen LogP contribution in [0.4, 0.5) is 0 Å². The number of nitrogens with zero attached hydrogens (tertiary/aromatic N) is 1. The van der Waals surface area contributed by atoms with Gasteiger partial charge in [-0.1, -0.05) is 0 Å². The van der Waals surface area contributed by atoms with Crippen molar-refractivity contribution < 1.29 is 14.3 Å². The van der Waals surface area contributed by atoms with Crippen molar-refractivity contribution in [2.45, 2.75) is 13.3 Å². The summed E-state index contributed by atoms with van der Waals surface area (Å²) >= 11 is 3.29. The Balaban J connectivity index is 1.72. The molecule has 0 spiro atoms. The summed E-state index contributed by atoms with van der Waals surface area (Å²) in [4.78, 5) is 16.4. The molecule has 2 heterocycles. The molecule has 0 saturated heterocycles. The molecule has 0 fully saturated rings. The third-order valence-electron chi connectivity index (χ3n) is 3.37. The lowest BCUT2D eigenvalue weighted by Crippen LogP contribution is -2.30. The fourth-order valence-corrected chi connectivity index (χ4v) is 4.18. The molecule has 0 bridgehead atoms. The van der Waals surface area contributed by atoms with Gasteiger partial charge in [0.15, 0.2) is 6.61 Å². The number of hydrogen-bond donors (Lipinski definition) is 1. The lowest BCUT2D eigenvalue weighted by molar-refractivity contribution is -0.123. The van der Waals surface area contributed by atoms with E-state index in [-0.39, 0.29) is 12.5 Å². The largest absolute Gasteiger partial charge is 0.483 e. The number of carbonyl (C=O) groups is 1. The van der Waals surface area contributed by atoms with Gasteiger partial charge in [0.2, 0.25) is 0 Å². The lowest BCUT2D eigenvalue weighted by atomic mass is 10.2. The number of nitrogens with one attached hydrogen (secondary N) is 1. The van der Waals surface area contributed by atoms with Crippen LogP contribution in [0.5, 0.6) is 5.75 Å². The molecule has 0 aliphatic rings. The minimum absolute atomic E-state index is 0.0151. The topological polar surface area (TPSA) is 60.5 Å². The number of benzene rings is 1. The summed E-state index contributed by atoms with van der Waals surface area (Å²) in [6, 6.07) is 3.99. The average Bonchev–Trinajstić information content (AvgIpc) is 3.14. The number of aromatic nitrogens is 1. The Morgan fingerprint density at radius 3 is 3.13 bits per heavy atom. The maximum absolute atomic E-state index is 11.8. The second kappa shape index (κ2) is 7.25. The summed E-state index contributed by atoms with van der Waals surface area (Å²) in [5, 5.41) is 6.89. The highest BCUT2D eigenvalue weighted by Crippen LogP contribution is 2.38. The van der Waals surface area contributed by atoms with E-state index in [0.717, 1.165) is 37.5 Å². The van der Waals surface area contributed by atoms with Gasteiger partial charge >= 0.3 is 0 Å². The van der Waals surface area contributed by atoms with Gasteiger partial charge in [0.1, 0.15) is 5.75 Å². The Hall–Kier alpha value is -1.70. The number of thiophene rings is 1. The Morgan fingerprint density at radius 2 is 2.30 bits per heavy atom. The van der Waals surface area contributed by atoms with Crippen LogP contribution in [-0.4, -0.2) is 37.8 Å². The number of carbonyl (C=O) groups excluding carboxylic acids is 1. The lowest BCUT2D eigenvalue weighted by Gasteiger charge is -2.08. The standard InChI is InChI=1S/C16H18N2O3S2/c1-10-18-15-13(23-10)8-12(11-4-7-22-16(11)15)21-9-14(19)17-5-3-6-20-2/h4,7-8H,3,5-6,9H2,1-2H3,(H,17,19). The molecule has 0 saturated carbocycles. The van der Waals surface area contributed by atoms with Crippen LogP contribution in [0.2, 0.25) is 0 Å². The first-order valence-corrected chi connectivity index (χ1v) is 9.04. The van der Waals surface area contributed by atoms with Gasteiger partial charge in [0, 0.05) is 31.7 Å². The van der Waals surface area contributed by atoms with Crippen molar-refractivity contribution in [3.63, 3.8) is 0 Å². The van der Waals surface area contributed by atoms with E-state index in [2.05, 4.69) is 10.3 Å².